The van der Waals surface area contributed by atoms with Gasteiger partial charge in [-0.2, -0.15) is 0 Å². The number of hydrogen-bond donors (Lipinski definition) is 2. The lowest BCUT2D eigenvalue weighted by Gasteiger charge is -2.31. The van der Waals surface area contributed by atoms with Gasteiger partial charge in [0, 0.05) is 19.2 Å². The number of ether oxygens (including phenoxy) is 1. The molecule has 8 heteroatoms. The van der Waals surface area contributed by atoms with Gasteiger partial charge < -0.3 is 24.6 Å². The first-order valence-corrected chi connectivity index (χ1v) is 6.41. The lowest BCUT2D eigenvalue weighted by Crippen LogP contribution is -2.45. The monoisotopic (exact) mass is 283 g/mol. The molecule has 0 atom stereocenters. The molecule has 0 saturated carbocycles. The van der Waals surface area contributed by atoms with Gasteiger partial charge in [-0.15, -0.1) is 0 Å². The van der Waals surface area contributed by atoms with Gasteiger partial charge in [-0.25, -0.2) is 9.59 Å². The maximum atomic E-state index is 11.9. The Balaban J connectivity index is 1.67. The number of aromatic nitrogens is 1. The molecule has 2 amide bonds. The number of nitrogens with one attached hydrogen (secondary N) is 1. The second-order valence-electron chi connectivity index (χ2n) is 4.53. The highest BCUT2D eigenvalue weighted by Gasteiger charge is 2.23. The number of rotatable bonds is 5. The molecule has 0 aliphatic carbocycles. The molecule has 0 bridgehead atoms. The van der Waals surface area contributed by atoms with Crippen molar-refractivity contribution in [1.29, 1.82) is 0 Å². The van der Waals surface area contributed by atoms with Gasteiger partial charge in [-0.1, -0.05) is 5.16 Å². The Kier molecular flexibility index (Phi) is 4.94. The van der Waals surface area contributed by atoms with Crippen LogP contribution in [0.2, 0.25) is 0 Å². The summed E-state index contributed by atoms with van der Waals surface area (Å²) < 4.78 is 10.1. The summed E-state index contributed by atoms with van der Waals surface area (Å²) in [6.07, 6.45) is 2.71. The van der Waals surface area contributed by atoms with Crippen LogP contribution in [0.5, 0.6) is 0 Å². The Morgan fingerprint density at radius 2 is 2.25 bits per heavy atom. The van der Waals surface area contributed by atoms with Crippen LogP contribution >= 0.6 is 0 Å². The highest BCUT2D eigenvalue weighted by atomic mass is 16.5. The van der Waals surface area contributed by atoms with Crippen molar-refractivity contribution >= 4 is 12.0 Å². The van der Waals surface area contributed by atoms with Crippen molar-refractivity contribution in [2.45, 2.75) is 25.5 Å². The minimum atomic E-state index is -0.975. The zero-order valence-corrected chi connectivity index (χ0v) is 10.9. The topological polar surface area (TPSA) is 105 Å². The van der Waals surface area contributed by atoms with Crippen LogP contribution in [0.15, 0.2) is 16.8 Å². The Hall–Kier alpha value is -2.09. The van der Waals surface area contributed by atoms with Crippen molar-refractivity contribution in [3.8, 4) is 0 Å². The van der Waals surface area contributed by atoms with E-state index in [1.165, 1.54) is 6.20 Å². The van der Waals surface area contributed by atoms with Crippen LogP contribution in [-0.2, 0) is 16.1 Å². The highest BCUT2D eigenvalue weighted by Crippen LogP contribution is 2.13. The summed E-state index contributed by atoms with van der Waals surface area (Å²) in [6, 6.07) is 1.52. The van der Waals surface area contributed by atoms with Gasteiger partial charge in [0.05, 0.1) is 18.8 Å². The Morgan fingerprint density at radius 1 is 1.50 bits per heavy atom. The fourth-order valence-electron chi connectivity index (χ4n) is 2.02. The first kappa shape index (κ1) is 14.3. The molecule has 2 rings (SSSR count). The number of urea groups is 1. The smallest absolute Gasteiger partial charge is 0.329 e. The molecule has 1 aliphatic heterocycles. The van der Waals surface area contributed by atoms with Crippen molar-refractivity contribution in [3.63, 3.8) is 0 Å². The number of piperidine rings is 1. The third-order valence-electron chi connectivity index (χ3n) is 3.08. The maximum absolute atomic E-state index is 11.9. The second-order valence-corrected chi connectivity index (χ2v) is 4.53. The molecule has 1 aliphatic rings. The average Bonchev–Trinajstić information content (AvgIpc) is 2.96. The van der Waals surface area contributed by atoms with E-state index in [1.54, 1.807) is 11.0 Å². The number of carboxylic acids is 1. The predicted octanol–water partition coefficient (Wildman–Crippen LogP) is 0.450. The van der Waals surface area contributed by atoms with Crippen molar-refractivity contribution in [1.82, 2.24) is 15.4 Å². The Morgan fingerprint density at radius 3 is 2.85 bits per heavy atom. The number of carbonyl (C=O) groups excluding carboxylic acids is 1. The summed E-state index contributed by atoms with van der Waals surface area (Å²) in [6.45, 7) is 1.11. The lowest BCUT2D eigenvalue weighted by atomic mass is 10.1. The fourth-order valence-corrected chi connectivity index (χ4v) is 2.02. The molecule has 1 aromatic heterocycles. The number of likely N-dealkylation sites (tertiary alicyclic amines) is 1. The summed E-state index contributed by atoms with van der Waals surface area (Å²) in [5, 5.41) is 14.8. The Bertz CT molecular complexity index is 440. The lowest BCUT2D eigenvalue weighted by molar-refractivity contribution is -0.145. The van der Waals surface area contributed by atoms with Crippen molar-refractivity contribution in [3.05, 3.63) is 18.0 Å². The molecule has 0 unspecified atom stereocenters. The van der Waals surface area contributed by atoms with Gasteiger partial charge in [0.15, 0.2) is 5.76 Å². The molecule has 1 aromatic rings. The average molecular weight is 283 g/mol. The zero-order chi connectivity index (χ0) is 14.4. The van der Waals surface area contributed by atoms with E-state index in [9.17, 15) is 9.59 Å². The van der Waals surface area contributed by atoms with Gasteiger partial charge in [0.25, 0.3) is 0 Å². The molecular formula is C12H17N3O5. The largest absolute Gasteiger partial charge is 0.480 e. The summed E-state index contributed by atoms with van der Waals surface area (Å²) in [5.74, 6) is -0.379. The quantitative estimate of drug-likeness (QED) is 0.813. The first-order chi connectivity index (χ1) is 9.65. The van der Waals surface area contributed by atoms with E-state index in [0.717, 1.165) is 0 Å². The fraction of sp³-hybridized carbons (Fsp3) is 0.583. The van der Waals surface area contributed by atoms with E-state index in [-0.39, 0.29) is 18.7 Å². The van der Waals surface area contributed by atoms with E-state index >= 15 is 0 Å². The van der Waals surface area contributed by atoms with Gasteiger partial charge in [-0.05, 0) is 12.8 Å². The molecule has 2 N–H and O–H groups in total. The molecule has 110 valence electrons. The van der Waals surface area contributed by atoms with Gasteiger partial charge >= 0.3 is 12.0 Å². The first-order valence-electron chi connectivity index (χ1n) is 6.41. The summed E-state index contributed by atoms with van der Waals surface area (Å²) >= 11 is 0. The zero-order valence-electron chi connectivity index (χ0n) is 10.9. The molecule has 0 aromatic carbocycles. The third-order valence-corrected chi connectivity index (χ3v) is 3.08. The summed E-state index contributed by atoms with van der Waals surface area (Å²) in [7, 11) is 0. The van der Waals surface area contributed by atoms with Crippen LogP contribution in [0, 0.1) is 0 Å². The molecule has 1 saturated heterocycles. The summed E-state index contributed by atoms with van der Waals surface area (Å²) in [4.78, 5) is 24.0. The molecule has 0 spiro atoms. The number of nitrogens with zero attached hydrogens (tertiary/aromatic N) is 2. The molecular weight excluding hydrogens is 266 g/mol. The van der Waals surface area contributed by atoms with E-state index in [4.69, 9.17) is 14.4 Å². The SMILES string of the molecule is O=C(O)COC1CCN(C(=O)NCc2ccno2)CC1. The van der Waals surface area contributed by atoms with Crippen molar-refractivity contribution in [2.24, 2.45) is 0 Å². The minimum Gasteiger partial charge on any atom is -0.480 e. The molecule has 1 fully saturated rings. The van der Waals surface area contributed by atoms with Crippen LogP contribution in [0.4, 0.5) is 4.79 Å². The summed E-state index contributed by atoms with van der Waals surface area (Å²) in [5.41, 5.74) is 0. The normalized spacial score (nSPS) is 16.1. The van der Waals surface area contributed by atoms with E-state index in [2.05, 4.69) is 10.5 Å². The highest BCUT2D eigenvalue weighted by molar-refractivity contribution is 5.74. The Labute approximate surface area is 115 Å². The number of aliphatic carboxylic acids is 1. The van der Waals surface area contributed by atoms with Crippen molar-refractivity contribution < 1.29 is 24.0 Å². The number of carbonyl (C=O) groups is 2. The molecule has 0 radical (unpaired) electrons. The predicted molar refractivity (Wildman–Crippen MR) is 66.9 cm³/mol. The van der Waals surface area contributed by atoms with Gasteiger partial charge in [-0.3, -0.25) is 0 Å². The van der Waals surface area contributed by atoms with Crippen LogP contribution < -0.4 is 5.32 Å². The number of carboxylic acid groups (broad SMARTS) is 1. The van der Waals surface area contributed by atoms with E-state index < -0.39 is 5.97 Å². The molecule has 2 heterocycles. The second kappa shape index (κ2) is 6.90. The van der Waals surface area contributed by atoms with Gasteiger partial charge in [0.2, 0.25) is 0 Å². The van der Waals surface area contributed by atoms with E-state index in [1.807, 2.05) is 0 Å². The third kappa shape index (κ3) is 4.23. The molecule has 20 heavy (non-hydrogen) atoms. The maximum Gasteiger partial charge on any atom is 0.329 e. The van der Waals surface area contributed by atoms with Crippen LogP contribution in [-0.4, -0.2) is 53.0 Å². The molecule has 8 nitrogen and oxygen atoms in total. The van der Waals surface area contributed by atoms with Crippen LogP contribution in [0.3, 0.4) is 0 Å². The van der Waals surface area contributed by atoms with Gasteiger partial charge in [0.1, 0.15) is 6.61 Å². The van der Waals surface area contributed by atoms with E-state index in [0.29, 0.717) is 38.2 Å². The number of amides is 2. The van der Waals surface area contributed by atoms with Crippen molar-refractivity contribution in [2.75, 3.05) is 19.7 Å². The number of hydrogen-bond acceptors (Lipinski definition) is 5. The van der Waals surface area contributed by atoms with Crippen LogP contribution in [0.25, 0.3) is 0 Å². The van der Waals surface area contributed by atoms with Crippen LogP contribution in [0.1, 0.15) is 18.6 Å². The standard InChI is InChI=1S/C12H17N3O5/c16-11(17)8-19-9-2-5-15(6-3-9)12(18)13-7-10-1-4-14-20-10/h1,4,9H,2-3,5-8H2,(H,13,18)(H,16,17). The minimum absolute atomic E-state index is 0.0931.